The second-order valence-corrected chi connectivity index (χ2v) is 6.90. The predicted octanol–water partition coefficient (Wildman–Crippen LogP) is 5.11. The largest absolute Gasteiger partial charge is 0.494 e. The van der Waals surface area contributed by atoms with Gasteiger partial charge in [0.05, 0.1) is 24.0 Å². The molecule has 27 heavy (non-hydrogen) atoms. The van der Waals surface area contributed by atoms with E-state index in [4.69, 9.17) is 9.47 Å². The molecule has 136 valence electrons. The van der Waals surface area contributed by atoms with E-state index in [0.717, 1.165) is 21.0 Å². The summed E-state index contributed by atoms with van der Waals surface area (Å²) in [5.74, 6) is 1.00. The summed E-state index contributed by atoms with van der Waals surface area (Å²) in [6.45, 7) is 2.38. The van der Waals surface area contributed by atoms with Gasteiger partial charge in [-0.1, -0.05) is 47.7 Å². The van der Waals surface area contributed by atoms with Crippen LogP contribution >= 0.6 is 11.3 Å². The number of hydrogen-bond acceptors (Lipinski definition) is 5. The Balaban J connectivity index is 1.76. The first kappa shape index (κ1) is 17.3. The molecule has 0 aliphatic heterocycles. The quantitative estimate of drug-likeness (QED) is 0.524. The van der Waals surface area contributed by atoms with E-state index in [-0.39, 0.29) is 5.91 Å². The molecule has 0 bridgehead atoms. The lowest BCUT2D eigenvalue weighted by Gasteiger charge is -2.12. The van der Waals surface area contributed by atoms with E-state index in [0.29, 0.717) is 28.8 Å². The highest BCUT2D eigenvalue weighted by molar-refractivity contribution is 7.22. The zero-order valence-corrected chi connectivity index (χ0v) is 15.8. The summed E-state index contributed by atoms with van der Waals surface area (Å²) in [7, 11) is 1.61. The maximum Gasteiger partial charge on any atom is 0.261 e. The van der Waals surface area contributed by atoms with E-state index in [9.17, 15) is 4.79 Å². The minimum atomic E-state index is -0.242. The molecule has 6 heteroatoms. The summed E-state index contributed by atoms with van der Waals surface area (Å²) < 4.78 is 12.0. The fourth-order valence-corrected chi connectivity index (χ4v) is 3.94. The summed E-state index contributed by atoms with van der Waals surface area (Å²) in [5.41, 5.74) is 1.25. The van der Waals surface area contributed by atoms with Crippen molar-refractivity contribution in [3.63, 3.8) is 0 Å². The number of rotatable bonds is 5. The maximum atomic E-state index is 13.1. The lowest BCUT2D eigenvalue weighted by Crippen LogP contribution is -2.14. The Hall–Kier alpha value is -3.12. The molecule has 0 saturated carbocycles. The minimum Gasteiger partial charge on any atom is -0.494 e. The normalized spacial score (nSPS) is 10.9. The lowest BCUT2D eigenvalue weighted by atomic mass is 10.0. The van der Waals surface area contributed by atoms with Gasteiger partial charge in [-0.3, -0.25) is 10.1 Å². The van der Waals surface area contributed by atoms with Gasteiger partial charge in [-0.05, 0) is 35.9 Å². The van der Waals surface area contributed by atoms with Crippen molar-refractivity contribution in [1.82, 2.24) is 4.98 Å². The molecular formula is C21H18N2O3S. The molecular weight excluding hydrogens is 360 g/mol. The molecule has 0 unspecified atom stereocenters. The minimum absolute atomic E-state index is 0.242. The number of nitrogens with one attached hydrogen (secondary N) is 1. The number of para-hydroxylation sites is 1. The predicted molar refractivity (Wildman–Crippen MR) is 109 cm³/mol. The van der Waals surface area contributed by atoms with Crippen molar-refractivity contribution in [2.45, 2.75) is 6.92 Å². The van der Waals surface area contributed by atoms with Crippen LogP contribution in [0, 0.1) is 0 Å². The van der Waals surface area contributed by atoms with Crippen molar-refractivity contribution in [3.05, 3.63) is 60.2 Å². The number of hydrogen-bond donors (Lipinski definition) is 1. The zero-order chi connectivity index (χ0) is 18.8. The molecule has 5 nitrogen and oxygen atoms in total. The molecule has 4 rings (SSSR count). The number of amides is 1. The third-order valence-corrected chi connectivity index (χ3v) is 5.18. The van der Waals surface area contributed by atoms with Crippen molar-refractivity contribution < 1.29 is 14.3 Å². The number of anilines is 1. The summed E-state index contributed by atoms with van der Waals surface area (Å²) in [5, 5.41) is 5.28. The zero-order valence-electron chi connectivity index (χ0n) is 15.0. The number of carbonyl (C=O) groups excluding carboxylic acids is 1. The Morgan fingerprint density at radius 2 is 1.93 bits per heavy atom. The molecule has 0 aliphatic rings. The highest BCUT2D eigenvalue weighted by Gasteiger charge is 2.19. The molecule has 1 heterocycles. The van der Waals surface area contributed by atoms with E-state index in [1.165, 1.54) is 11.3 Å². The Labute approximate surface area is 160 Å². The van der Waals surface area contributed by atoms with Gasteiger partial charge in [-0.25, -0.2) is 4.98 Å². The Morgan fingerprint density at radius 1 is 1.07 bits per heavy atom. The van der Waals surface area contributed by atoms with Crippen LogP contribution in [0.25, 0.3) is 21.0 Å². The molecule has 1 amide bonds. The standard InChI is InChI=1S/C21H18N2O3S/c1-3-26-15-12-11-13-7-4-5-8-14(13)18(15)20(24)23-21-22-19-16(25-2)9-6-10-17(19)27-21/h4-12H,3H2,1-2H3,(H,22,23,24). The fourth-order valence-electron chi connectivity index (χ4n) is 3.06. The molecule has 0 saturated heterocycles. The maximum absolute atomic E-state index is 13.1. The SMILES string of the molecule is CCOc1ccc2ccccc2c1C(=O)Nc1nc2c(OC)cccc2s1. The van der Waals surface area contributed by atoms with Gasteiger partial charge in [-0.15, -0.1) is 0 Å². The Morgan fingerprint density at radius 3 is 2.74 bits per heavy atom. The van der Waals surface area contributed by atoms with Gasteiger partial charge >= 0.3 is 0 Å². The van der Waals surface area contributed by atoms with Crippen molar-refractivity contribution in [2.24, 2.45) is 0 Å². The van der Waals surface area contributed by atoms with Crippen molar-refractivity contribution in [2.75, 3.05) is 19.0 Å². The number of methoxy groups -OCH3 is 1. The number of aromatic nitrogens is 1. The van der Waals surface area contributed by atoms with E-state index >= 15 is 0 Å². The molecule has 3 aromatic carbocycles. The molecule has 0 atom stereocenters. The molecule has 0 radical (unpaired) electrons. The van der Waals surface area contributed by atoms with Crippen LogP contribution in [0.1, 0.15) is 17.3 Å². The topological polar surface area (TPSA) is 60.5 Å². The van der Waals surface area contributed by atoms with Crippen LogP contribution < -0.4 is 14.8 Å². The number of fused-ring (bicyclic) bond motifs is 2. The lowest BCUT2D eigenvalue weighted by molar-refractivity contribution is 0.102. The number of benzene rings is 3. The smallest absolute Gasteiger partial charge is 0.261 e. The molecule has 0 spiro atoms. The van der Waals surface area contributed by atoms with Crippen molar-refractivity contribution in [1.29, 1.82) is 0 Å². The Kier molecular flexibility index (Phi) is 4.64. The van der Waals surface area contributed by atoms with Gasteiger partial charge < -0.3 is 9.47 Å². The van der Waals surface area contributed by atoms with E-state index in [2.05, 4.69) is 10.3 Å². The van der Waals surface area contributed by atoms with E-state index < -0.39 is 0 Å². The van der Waals surface area contributed by atoms with E-state index in [1.54, 1.807) is 7.11 Å². The van der Waals surface area contributed by atoms with Crippen molar-refractivity contribution in [3.8, 4) is 11.5 Å². The van der Waals surface area contributed by atoms with Crippen LogP contribution in [0.3, 0.4) is 0 Å². The third-order valence-electron chi connectivity index (χ3n) is 4.24. The van der Waals surface area contributed by atoms with Gasteiger partial charge in [-0.2, -0.15) is 0 Å². The summed E-state index contributed by atoms with van der Waals surface area (Å²) in [4.78, 5) is 17.6. The third kappa shape index (κ3) is 3.19. The summed E-state index contributed by atoms with van der Waals surface area (Å²) >= 11 is 1.41. The fraction of sp³-hybridized carbons (Fsp3) is 0.143. The first-order chi connectivity index (χ1) is 13.2. The van der Waals surface area contributed by atoms with Gasteiger partial charge in [0.2, 0.25) is 0 Å². The number of thiazole rings is 1. The van der Waals surface area contributed by atoms with Crippen LogP contribution in [0.5, 0.6) is 11.5 Å². The molecule has 1 N–H and O–H groups in total. The van der Waals surface area contributed by atoms with Gasteiger partial charge in [0.15, 0.2) is 5.13 Å². The average molecular weight is 378 g/mol. The average Bonchev–Trinajstić information content (AvgIpc) is 3.10. The van der Waals surface area contributed by atoms with Gasteiger partial charge in [0.1, 0.15) is 17.0 Å². The Bertz CT molecular complexity index is 1140. The van der Waals surface area contributed by atoms with Crippen LogP contribution in [-0.4, -0.2) is 24.6 Å². The number of nitrogens with zero attached hydrogens (tertiary/aromatic N) is 1. The first-order valence-electron chi connectivity index (χ1n) is 8.60. The highest BCUT2D eigenvalue weighted by Crippen LogP contribution is 2.34. The molecule has 0 fully saturated rings. The number of carbonyl (C=O) groups is 1. The van der Waals surface area contributed by atoms with Gasteiger partial charge in [0, 0.05) is 0 Å². The summed E-state index contributed by atoms with van der Waals surface area (Å²) in [6.07, 6.45) is 0. The van der Waals surface area contributed by atoms with Crippen molar-refractivity contribution >= 4 is 43.4 Å². The molecule has 1 aromatic heterocycles. The second kappa shape index (κ2) is 7.25. The van der Waals surface area contributed by atoms with Crippen LogP contribution in [0.4, 0.5) is 5.13 Å². The van der Waals surface area contributed by atoms with E-state index in [1.807, 2.05) is 61.5 Å². The highest BCUT2D eigenvalue weighted by atomic mass is 32.1. The van der Waals surface area contributed by atoms with Crippen LogP contribution in [0.15, 0.2) is 54.6 Å². The first-order valence-corrected chi connectivity index (χ1v) is 9.42. The van der Waals surface area contributed by atoms with Crippen LogP contribution in [0.2, 0.25) is 0 Å². The molecule has 4 aromatic rings. The van der Waals surface area contributed by atoms with Gasteiger partial charge in [0.25, 0.3) is 5.91 Å². The molecule has 0 aliphatic carbocycles. The van der Waals surface area contributed by atoms with Crippen LogP contribution in [-0.2, 0) is 0 Å². The summed E-state index contributed by atoms with van der Waals surface area (Å²) in [6, 6.07) is 17.3. The second-order valence-electron chi connectivity index (χ2n) is 5.87. The monoisotopic (exact) mass is 378 g/mol. The number of ether oxygens (including phenoxy) is 2.